The normalized spacial score (nSPS) is 9.80. The second-order valence-corrected chi connectivity index (χ2v) is 3.12. The van der Waals surface area contributed by atoms with Crippen LogP contribution in [0.25, 0.3) is 0 Å². The minimum absolute atomic E-state index is 0.216. The summed E-state index contributed by atoms with van der Waals surface area (Å²) in [6, 6.07) is 0. The summed E-state index contributed by atoms with van der Waals surface area (Å²) in [5, 5.41) is 6.01. The quantitative estimate of drug-likeness (QED) is 0.734. The van der Waals surface area contributed by atoms with Gasteiger partial charge in [-0.1, -0.05) is 0 Å². The van der Waals surface area contributed by atoms with Crippen molar-refractivity contribution in [1.82, 2.24) is 10.2 Å². The highest BCUT2D eigenvalue weighted by Crippen LogP contribution is 2.11. The number of aromatic nitrogens is 2. The van der Waals surface area contributed by atoms with Crippen LogP contribution < -0.4 is 11.2 Å². The maximum absolute atomic E-state index is 10.9. The van der Waals surface area contributed by atoms with E-state index >= 15 is 0 Å². The number of nitrogens with one attached hydrogen (secondary N) is 1. The molecule has 3 N–H and O–H groups in total. The van der Waals surface area contributed by atoms with Gasteiger partial charge >= 0.3 is 0 Å². The fourth-order valence-electron chi connectivity index (χ4n) is 0.422. The van der Waals surface area contributed by atoms with Crippen LogP contribution in [-0.4, -0.2) is 10.2 Å². The predicted octanol–water partition coefficient (Wildman–Crippen LogP) is 0.877. The third-order valence-corrected chi connectivity index (χ3v) is 2.22. The van der Waals surface area contributed by atoms with Gasteiger partial charge in [0.05, 0.1) is 0 Å². The minimum atomic E-state index is -0.253. The first-order valence-electron chi connectivity index (χ1n) is 2.32. The lowest BCUT2D eigenvalue weighted by atomic mass is 10.5. The van der Waals surface area contributed by atoms with Crippen molar-refractivity contribution in [3.8, 4) is 0 Å². The first kappa shape index (κ1) is 7.74. The molecule has 10 heavy (non-hydrogen) atoms. The van der Waals surface area contributed by atoms with E-state index in [-0.39, 0.29) is 15.8 Å². The maximum atomic E-state index is 10.9. The Labute approximate surface area is 73.1 Å². The third-order valence-electron chi connectivity index (χ3n) is 0.898. The molecule has 0 amide bonds. The molecule has 0 unspecified atom stereocenters. The largest absolute Gasteiger partial charge is 0.383 e. The second kappa shape index (κ2) is 2.71. The van der Waals surface area contributed by atoms with E-state index in [4.69, 9.17) is 5.73 Å². The average Bonchev–Trinajstić information content (AvgIpc) is 1.93. The molecule has 1 aromatic heterocycles. The third kappa shape index (κ3) is 1.22. The van der Waals surface area contributed by atoms with E-state index in [1.165, 1.54) is 0 Å². The molecule has 54 valence electrons. The molecule has 0 fully saturated rings. The van der Waals surface area contributed by atoms with Crippen molar-refractivity contribution in [3.63, 3.8) is 0 Å². The highest BCUT2D eigenvalue weighted by atomic mass is 79.9. The smallest absolute Gasteiger partial charge is 0.230 e. The minimum Gasteiger partial charge on any atom is -0.383 e. The van der Waals surface area contributed by atoms with Gasteiger partial charge in [0, 0.05) is 0 Å². The molecule has 0 aliphatic carbocycles. The molecule has 4 nitrogen and oxygen atoms in total. The van der Waals surface area contributed by atoms with Crippen LogP contribution in [0.3, 0.4) is 0 Å². The van der Waals surface area contributed by atoms with Crippen LogP contribution in [0.2, 0.25) is 0 Å². The fourth-order valence-corrected chi connectivity index (χ4v) is 1.25. The zero-order chi connectivity index (χ0) is 7.72. The van der Waals surface area contributed by atoms with Crippen LogP contribution >= 0.6 is 31.9 Å². The Morgan fingerprint density at radius 1 is 1.50 bits per heavy atom. The molecule has 0 aliphatic heterocycles. The highest BCUT2D eigenvalue weighted by Gasteiger charge is 2.04. The summed E-state index contributed by atoms with van der Waals surface area (Å²) < 4.78 is 0.517. The van der Waals surface area contributed by atoms with Gasteiger partial charge in [-0.2, -0.15) is 5.10 Å². The van der Waals surface area contributed by atoms with Gasteiger partial charge in [0.2, 0.25) is 5.43 Å². The number of nitrogens with zero attached hydrogens (tertiary/aromatic N) is 1. The number of anilines is 1. The van der Waals surface area contributed by atoms with Gasteiger partial charge in [-0.25, -0.2) is 0 Å². The van der Waals surface area contributed by atoms with Gasteiger partial charge in [-0.05, 0) is 31.9 Å². The van der Waals surface area contributed by atoms with Crippen molar-refractivity contribution in [2.24, 2.45) is 0 Å². The lowest BCUT2D eigenvalue weighted by Gasteiger charge is -1.94. The molecule has 0 atom stereocenters. The van der Waals surface area contributed by atoms with Crippen LogP contribution in [0.5, 0.6) is 0 Å². The van der Waals surface area contributed by atoms with Gasteiger partial charge < -0.3 is 5.73 Å². The standard InChI is InChI=1S/C4H3Br2N3O/c5-1-2(10)3(6)8-9-4(1)7/h(H3,7,9,10). The van der Waals surface area contributed by atoms with Crippen molar-refractivity contribution >= 4 is 37.7 Å². The molecule has 0 spiro atoms. The Balaban J connectivity index is 3.50. The van der Waals surface area contributed by atoms with Gasteiger partial charge in [0.1, 0.15) is 10.3 Å². The predicted molar refractivity (Wildman–Crippen MR) is 44.7 cm³/mol. The molecule has 1 rings (SSSR count). The van der Waals surface area contributed by atoms with Gasteiger partial charge in [0.15, 0.2) is 4.60 Å². The molecule has 1 heterocycles. The Hall–Kier alpha value is -0.360. The number of halogens is 2. The average molecular weight is 269 g/mol. The second-order valence-electron chi connectivity index (χ2n) is 1.57. The SMILES string of the molecule is Nc1[nH]nc(Br)c(=O)c1Br. The topological polar surface area (TPSA) is 71.8 Å². The van der Waals surface area contributed by atoms with E-state index in [1.54, 1.807) is 0 Å². The van der Waals surface area contributed by atoms with E-state index in [0.29, 0.717) is 4.47 Å². The summed E-state index contributed by atoms with van der Waals surface area (Å²) in [6.07, 6.45) is 0. The van der Waals surface area contributed by atoms with Crippen molar-refractivity contribution in [3.05, 3.63) is 19.3 Å². The van der Waals surface area contributed by atoms with E-state index in [0.717, 1.165) is 0 Å². The summed E-state index contributed by atoms with van der Waals surface area (Å²) in [7, 11) is 0. The van der Waals surface area contributed by atoms with Crippen LogP contribution in [0.4, 0.5) is 5.82 Å². The lowest BCUT2D eigenvalue weighted by Crippen LogP contribution is -2.10. The van der Waals surface area contributed by atoms with Gasteiger partial charge in [-0.15, -0.1) is 0 Å². The molecular weight excluding hydrogens is 266 g/mol. The number of rotatable bonds is 0. The zero-order valence-electron chi connectivity index (χ0n) is 4.69. The Bertz CT molecular complexity index is 308. The molecular formula is C4H3Br2N3O. The lowest BCUT2D eigenvalue weighted by molar-refractivity contribution is 0.992. The zero-order valence-corrected chi connectivity index (χ0v) is 7.86. The molecule has 0 aliphatic rings. The Kier molecular flexibility index (Phi) is 2.10. The monoisotopic (exact) mass is 267 g/mol. The molecule has 1 aromatic rings. The number of hydrogen-bond donors (Lipinski definition) is 2. The van der Waals surface area contributed by atoms with Crippen molar-refractivity contribution in [2.45, 2.75) is 0 Å². The summed E-state index contributed by atoms with van der Waals surface area (Å²) in [5.74, 6) is 0.230. The van der Waals surface area contributed by atoms with Crippen LogP contribution in [-0.2, 0) is 0 Å². The Morgan fingerprint density at radius 2 is 2.10 bits per heavy atom. The summed E-state index contributed by atoms with van der Waals surface area (Å²) in [5.41, 5.74) is 5.05. The highest BCUT2D eigenvalue weighted by molar-refractivity contribution is 9.11. The van der Waals surface area contributed by atoms with E-state index < -0.39 is 0 Å². The van der Waals surface area contributed by atoms with Gasteiger partial charge in [-0.3, -0.25) is 9.89 Å². The number of nitrogens with two attached hydrogens (primary N) is 1. The molecule has 0 saturated heterocycles. The molecule has 6 heteroatoms. The number of hydrogen-bond acceptors (Lipinski definition) is 3. The van der Waals surface area contributed by atoms with Crippen LogP contribution in [0.1, 0.15) is 0 Å². The van der Waals surface area contributed by atoms with E-state index in [9.17, 15) is 4.79 Å². The van der Waals surface area contributed by atoms with Crippen LogP contribution in [0.15, 0.2) is 13.9 Å². The first-order chi connectivity index (χ1) is 4.63. The number of nitrogen functional groups attached to an aromatic ring is 1. The van der Waals surface area contributed by atoms with Crippen molar-refractivity contribution in [1.29, 1.82) is 0 Å². The van der Waals surface area contributed by atoms with E-state index in [2.05, 4.69) is 42.1 Å². The molecule has 0 aromatic carbocycles. The number of aromatic amines is 1. The molecule has 0 radical (unpaired) electrons. The molecule has 0 saturated carbocycles. The van der Waals surface area contributed by atoms with E-state index in [1.807, 2.05) is 0 Å². The molecule has 0 bridgehead atoms. The van der Waals surface area contributed by atoms with Crippen molar-refractivity contribution < 1.29 is 0 Å². The van der Waals surface area contributed by atoms with Gasteiger partial charge in [0.25, 0.3) is 0 Å². The first-order valence-corrected chi connectivity index (χ1v) is 3.90. The van der Waals surface area contributed by atoms with Crippen LogP contribution in [0, 0.1) is 0 Å². The summed E-state index contributed by atoms with van der Waals surface area (Å²) in [4.78, 5) is 10.9. The van der Waals surface area contributed by atoms with Crippen molar-refractivity contribution in [2.75, 3.05) is 5.73 Å². The summed E-state index contributed by atoms with van der Waals surface area (Å²) in [6.45, 7) is 0. The summed E-state index contributed by atoms with van der Waals surface area (Å²) >= 11 is 5.93. The maximum Gasteiger partial charge on any atom is 0.230 e. The fraction of sp³-hybridized carbons (Fsp3) is 0. The Morgan fingerprint density at radius 3 is 2.60 bits per heavy atom. The number of H-pyrrole nitrogens is 1.